The number of nitrogens with one attached hydrogen (secondary N) is 1. The summed E-state index contributed by atoms with van der Waals surface area (Å²) in [4.78, 5) is 11.6. The van der Waals surface area contributed by atoms with Crippen LogP contribution in [0.1, 0.15) is 31.2 Å². The van der Waals surface area contributed by atoms with Crippen molar-refractivity contribution in [2.45, 2.75) is 31.2 Å². The van der Waals surface area contributed by atoms with Gasteiger partial charge in [-0.05, 0) is 31.9 Å². The molecular formula is C13H15F3N2O. The lowest BCUT2D eigenvalue weighted by Gasteiger charge is -2.19. The van der Waals surface area contributed by atoms with Gasteiger partial charge in [0.15, 0.2) is 17.5 Å². The van der Waals surface area contributed by atoms with Crippen molar-refractivity contribution in [1.82, 2.24) is 5.32 Å². The van der Waals surface area contributed by atoms with Gasteiger partial charge in [0.25, 0.3) is 0 Å². The Kier molecular flexibility index (Phi) is 3.80. The largest absolute Gasteiger partial charge is 0.346 e. The van der Waals surface area contributed by atoms with Gasteiger partial charge in [-0.3, -0.25) is 4.79 Å². The van der Waals surface area contributed by atoms with Crippen molar-refractivity contribution >= 4 is 5.91 Å². The molecule has 1 aliphatic rings. The highest BCUT2D eigenvalue weighted by atomic mass is 19.2. The van der Waals surface area contributed by atoms with E-state index in [1.165, 1.54) is 6.07 Å². The summed E-state index contributed by atoms with van der Waals surface area (Å²) in [7, 11) is 0. The summed E-state index contributed by atoms with van der Waals surface area (Å²) in [6, 6.07) is 2.06. The molecule has 0 bridgehead atoms. The molecule has 3 N–H and O–H groups in total. The van der Waals surface area contributed by atoms with E-state index in [4.69, 9.17) is 5.73 Å². The maximum atomic E-state index is 13.7. The molecule has 0 radical (unpaired) electrons. The molecule has 1 aromatic rings. The molecule has 1 aliphatic carbocycles. The third-order valence-corrected chi connectivity index (χ3v) is 3.29. The Labute approximate surface area is 109 Å². The molecule has 0 aromatic heterocycles. The first kappa shape index (κ1) is 13.9. The number of amides is 1. The zero-order valence-electron chi connectivity index (χ0n) is 10.3. The summed E-state index contributed by atoms with van der Waals surface area (Å²) in [5.41, 5.74) is 4.42. The monoisotopic (exact) mass is 272 g/mol. The van der Waals surface area contributed by atoms with Crippen LogP contribution in [-0.2, 0) is 10.3 Å². The quantitative estimate of drug-likeness (QED) is 0.805. The van der Waals surface area contributed by atoms with Gasteiger partial charge < -0.3 is 11.1 Å². The van der Waals surface area contributed by atoms with Gasteiger partial charge in [0.2, 0.25) is 5.91 Å². The minimum atomic E-state index is -1.50. The molecule has 1 aromatic carbocycles. The van der Waals surface area contributed by atoms with Crippen LogP contribution in [0.4, 0.5) is 13.2 Å². The van der Waals surface area contributed by atoms with E-state index in [0.29, 0.717) is 25.8 Å². The number of hydrogen-bond acceptors (Lipinski definition) is 2. The van der Waals surface area contributed by atoms with Crippen LogP contribution in [-0.4, -0.2) is 12.5 Å². The molecule has 0 heterocycles. The van der Waals surface area contributed by atoms with Gasteiger partial charge >= 0.3 is 0 Å². The zero-order valence-corrected chi connectivity index (χ0v) is 10.3. The van der Waals surface area contributed by atoms with E-state index in [-0.39, 0.29) is 17.9 Å². The van der Waals surface area contributed by atoms with Crippen molar-refractivity contribution in [3.8, 4) is 0 Å². The second-order valence-corrected chi connectivity index (χ2v) is 4.75. The fourth-order valence-corrected chi connectivity index (χ4v) is 2.07. The number of carbonyl (C=O) groups is 1. The maximum absolute atomic E-state index is 13.7. The van der Waals surface area contributed by atoms with Crippen LogP contribution in [0.25, 0.3) is 0 Å². The molecular weight excluding hydrogens is 257 g/mol. The Bertz CT molecular complexity index is 501. The fraction of sp³-hybridized carbons (Fsp3) is 0.462. The standard InChI is InChI=1S/C13H15F3N2O/c14-9-4-3-8(11(15)12(9)16)13(5-6-13)18-10(19)2-1-7-17/h3-4H,1-2,5-7,17H2,(H,18,19). The molecule has 1 fully saturated rings. The number of rotatable bonds is 5. The van der Waals surface area contributed by atoms with Crippen LogP contribution >= 0.6 is 0 Å². The Hall–Kier alpha value is -1.56. The maximum Gasteiger partial charge on any atom is 0.220 e. The van der Waals surface area contributed by atoms with E-state index < -0.39 is 23.0 Å². The van der Waals surface area contributed by atoms with Crippen LogP contribution in [0.2, 0.25) is 0 Å². The van der Waals surface area contributed by atoms with E-state index in [2.05, 4.69) is 5.32 Å². The molecule has 0 unspecified atom stereocenters. The number of hydrogen-bond donors (Lipinski definition) is 2. The van der Waals surface area contributed by atoms with Crippen molar-refractivity contribution in [2.24, 2.45) is 5.73 Å². The molecule has 19 heavy (non-hydrogen) atoms. The van der Waals surface area contributed by atoms with Crippen molar-refractivity contribution < 1.29 is 18.0 Å². The highest BCUT2D eigenvalue weighted by molar-refractivity contribution is 5.77. The Morgan fingerprint density at radius 1 is 1.26 bits per heavy atom. The van der Waals surface area contributed by atoms with Gasteiger partial charge in [-0.1, -0.05) is 6.07 Å². The first-order chi connectivity index (χ1) is 9.00. The Balaban J connectivity index is 2.17. The SMILES string of the molecule is NCCCC(=O)NC1(c2ccc(F)c(F)c2F)CC1. The average molecular weight is 272 g/mol. The van der Waals surface area contributed by atoms with Gasteiger partial charge in [-0.25, -0.2) is 13.2 Å². The highest BCUT2D eigenvalue weighted by Gasteiger charge is 2.48. The van der Waals surface area contributed by atoms with E-state index in [1.807, 2.05) is 0 Å². The van der Waals surface area contributed by atoms with Crippen LogP contribution in [0.5, 0.6) is 0 Å². The van der Waals surface area contributed by atoms with Gasteiger partial charge in [0, 0.05) is 12.0 Å². The number of halogens is 3. The van der Waals surface area contributed by atoms with E-state index in [9.17, 15) is 18.0 Å². The first-order valence-corrected chi connectivity index (χ1v) is 6.15. The Morgan fingerprint density at radius 2 is 1.95 bits per heavy atom. The van der Waals surface area contributed by atoms with Crippen molar-refractivity contribution in [3.63, 3.8) is 0 Å². The van der Waals surface area contributed by atoms with Crippen LogP contribution in [0, 0.1) is 17.5 Å². The predicted molar refractivity (Wildman–Crippen MR) is 63.7 cm³/mol. The lowest BCUT2D eigenvalue weighted by molar-refractivity contribution is -0.122. The second-order valence-electron chi connectivity index (χ2n) is 4.75. The van der Waals surface area contributed by atoms with Gasteiger partial charge in [-0.15, -0.1) is 0 Å². The topological polar surface area (TPSA) is 55.1 Å². The highest BCUT2D eigenvalue weighted by Crippen LogP contribution is 2.47. The van der Waals surface area contributed by atoms with Gasteiger partial charge in [-0.2, -0.15) is 0 Å². The number of carbonyl (C=O) groups excluding carboxylic acids is 1. The third kappa shape index (κ3) is 2.73. The molecule has 0 saturated heterocycles. The van der Waals surface area contributed by atoms with Crippen molar-refractivity contribution in [3.05, 3.63) is 35.1 Å². The Morgan fingerprint density at radius 3 is 2.53 bits per heavy atom. The predicted octanol–water partition coefficient (Wildman–Crippen LogP) is 1.95. The third-order valence-electron chi connectivity index (χ3n) is 3.29. The van der Waals surface area contributed by atoms with Gasteiger partial charge in [0.05, 0.1) is 5.54 Å². The first-order valence-electron chi connectivity index (χ1n) is 6.15. The smallest absolute Gasteiger partial charge is 0.220 e. The molecule has 0 aliphatic heterocycles. The summed E-state index contributed by atoms with van der Waals surface area (Å²) >= 11 is 0. The number of nitrogens with two attached hydrogens (primary N) is 1. The average Bonchev–Trinajstić information content (AvgIpc) is 3.14. The lowest BCUT2D eigenvalue weighted by atomic mass is 10.0. The second kappa shape index (κ2) is 5.21. The fourth-order valence-electron chi connectivity index (χ4n) is 2.07. The molecule has 1 amide bonds. The zero-order chi connectivity index (χ0) is 14.0. The van der Waals surface area contributed by atoms with Crippen LogP contribution in [0.15, 0.2) is 12.1 Å². The normalized spacial score (nSPS) is 16.2. The molecule has 0 atom stereocenters. The van der Waals surface area contributed by atoms with E-state index in [1.54, 1.807) is 0 Å². The van der Waals surface area contributed by atoms with Crippen molar-refractivity contribution in [1.29, 1.82) is 0 Å². The lowest BCUT2D eigenvalue weighted by Crippen LogP contribution is -2.35. The van der Waals surface area contributed by atoms with E-state index in [0.717, 1.165) is 6.07 Å². The summed E-state index contributed by atoms with van der Waals surface area (Å²) in [6.07, 6.45) is 1.80. The van der Waals surface area contributed by atoms with Crippen LogP contribution in [0.3, 0.4) is 0 Å². The van der Waals surface area contributed by atoms with E-state index >= 15 is 0 Å². The van der Waals surface area contributed by atoms with Crippen molar-refractivity contribution in [2.75, 3.05) is 6.54 Å². The van der Waals surface area contributed by atoms with Crippen LogP contribution < -0.4 is 11.1 Å². The minimum absolute atomic E-state index is 0.00694. The minimum Gasteiger partial charge on any atom is -0.346 e. The molecule has 6 heteroatoms. The molecule has 1 saturated carbocycles. The van der Waals surface area contributed by atoms with Gasteiger partial charge in [0.1, 0.15) is 0 Å². The summed E-state index contributed by atoms with van der Waals surface area (Å²) in [5.74, 6) is -4.21. The summed E-state index contributed by atoms with van der Waals surface area (Å²) in [5, 5.41) is 2.68. The molecule has 2 rings (SSSR count). The summed E-state index contributed by atoms with van der Waals surface area (Å²) in [6.45, 7) is 0.389. The molecule has 3 nitrogen and oxygen atoms in total. The molecule has 0 spiro atoms. The molecule has 104 valence electrons. The summed E-state index contributed by atoms with van der Waals surface area (Å²) < 4.78 is 39.8. The number of benzene rings is 1.